The zero-order valence-corrected chi connectivity index (χ0v) is 16.5. The van der Waals surface area contributed by atoms with Crippen LogP contribution in [0.3, 0.4) is 0 Å². The first-order chi connectivity index (χ1) is 12.5. The minimum Gasteiger partial charge on any atom is -0.497 e. The summed E-state index contributed by atoms with van der Waals surface area (Å²) >= 11 is 6.05. The van der Waals surface area contributed by atoms with Gasteiger partial charge in [-0.05, 0) is 61.2 Å². The van der Waals surface area contributed by atoms with Gasteiger partial charge in [0.1, 0.15) is 11.5 Å². The summed E-state index contributed by atoms with van der Waals surface area (Å²) in [4.78, 5) is 12.7. The predicted octanol–water partition coefficient (Wildman–Crippen LogP) is 5.08. The van der Waals surface area contributed by atoms with Crippen LogP contribution in [0.5, 0.6) is 11.5 Å². The van der Waals surface area contributed by atoms with E-state index in [1.54, 1.807) is 19.2 Å². The van der Waals surface area contributed by atoms with Crippen LogP contribution in [0.25, 0.3) is 0 Å². The Morgan fingerprint density at radius 3 is 2.27 bits per heavy atom. The van der Waals surface area contributed by atoms with Crippen molar-refractivity contribution in [2.45, 2.75) is 45.8 Å². The Hall–Kier alpha value is -2.20. The Labute approximate surface area is 160 Å². The monoisotopic (exact) mass is 375 g/mol. The highest BCUT2D eigenvalue weighted by Crippen LogP contribution is 2.24. The van der Waals surface area contributed by atoms with Gasteiger partial charge in [-0.3, -0.25) is 4.79 Å². The molecule has 2 aromatic carbocycles. The Kier molecular flexibility index (Phi) is 7.34. The lowest BCUT2D eigenvalue weighted by atomic mass is 10.0. The average Bonchev–Trinajstić information content (AvgIpc) is 2.66. The molecule has 2 rings (SSSR count). The number of carbonyl (C=O) groups excluding carboxylic acids is 1. The first kappa shape index (κ1) is 20.1. The molecule has 0 aliphatic heterocycles. The summed E-state index contributed by atoms with van der Waals surface area (Å²) in [6.07, 6.45) is 0.809. The van der Waals surface area contributed by atoms with Crippen molar-refractivity contribution in [2.75, 3.05) is 7.11 Å². The molecule has 4 nitrogen and oxygen atoms in total. The maximum Gasteiger partial charge on any atom is 0.261 e. The normalized spacial score (nSPS) is 13.0. The molecule has 1 amide bonds. The van der Waals surface area contributed by atoms with E-state index in [0.29, 0.717) is 17.2 Å². The molecule has 0 saturated heterocycles. The summed E-state index contributed by atoms with van der Waals surface area (Å²) in [7, 11) is 1.63. The molecule has 0 aromatic heterocycles. The number of hydrogen-bond donors (Lipinski definition) is 1. The highest BCUT2D eigenvalue weighted by atomic mass is 35.5. The highest BCUT2D eigenvalue weighted by Gasteiger charge is 2.22. The lowest BCUT2D eigenvalue weighted by Gasteiger charge is -2.23. The minimum atomic E-state index is -0.553. The zero-order valence-electron chi connectivity index (χ0n) is 15.7. The molecule has 2 aromatic rings. The summed E-state index contributed by atoms with van der Waals surface area (Å²) in [6, 6.07) is 13.1. The van der Waals surface area contributed by atoms with Gasteiger partial charge in [0, 0.05) is 5.02 Å². The Morgan fingerprint density at radius 2 is 1.73 bits per heavy atom. The van der Waals surface area contributed by atoms with E-state index in [1.165, 1.54) is 0 Å². The van der Waals surface area contributed by atoms with Crippen LogP contribution in [0.1, 0.15) is 43.9 Å². The first-order valence-electron chi connectivity index (χ1n) is 8.85. The summed E-state index contributed by atoms with van der Waals surface area (Å²) in [5.74, 6) is 1.32. The summed E-state index contributed by atoms with van der Waals surface area (Å²) in [5, 5.41) is 3.77. The summed E-state index contributed by atoms with van der Waals surface area (Å²) in [5.41, 5.74) is 1.96. The van der Waals surface area contributed by atoms with Crippen LogP contribution in [0.15, 0.2) is 42.5 Å². The van der Waals surface area contributed by atoms with Crippen molar-refractivity contribution in [3.05, 3.63) is 58.6 Å². The van der Waals surface area contributed by atoms with Gasteiger partial charge in [-0.15, -0.1) is 0 Å². The second-order valence-electron chi connectivity index (χ2n) is 6.17. The lowest BCUT2D eigenvalue weighted by molar-refractivity contribution is -0.128. The van der Waals surface area contributed by atoms with Crippen molar-refractivity contribution in [1.82, 2.24) is 5.32 Å². The number of aryl methyl sites for hydroxylation is 1. The fourth-order valence-electron chi connectivity index (χ4n) is 2.70. The van der Waals surface area contributed by atoms with Crippen LogP contribution in [-0.4, -0.2) is 19.1 Å². The number of halogens is 1. The topological polar surface area (TPSA) is 47.6 Å². The van der Waals surface area contributed by atoms with Crippen LogP contribution in [0.2, 0.25) is 5.02 Å². The largest absolute Gasteiger partial charge is 0.497 e. The van der Waals surface area contributed by atoms with Crippen molar-refractivity contribution in [3.63, 3.8) is 0 Å². The Morgan fingerprint density at radius 1 is 1.08 bits per heavy atom. The maximum atomic E-state index is 12.7. The number of hydrogen-bond acceptors (Lipinski definition) is 3. The number of nitrogens with one attached hydrogen (secondary N) is 1. The molecule has 140 valence electrons. The molecule has 0 aliphatic rings. The molecule has 2 atom stereocenters. The summed E-state index contributed by atoms with van der Waals surface area (Å²) in [6.45, 7) is 5.88. The predicted molar refractivity (Wildman–Crippen MR) is 105 cm³/mol. The second kappa shape index (κ2) is 9.48. The van der Waals surface area contributed by atoms with Crippen LogP contribution < -0.4 is 14.8 Å². The van der Waals surface area contributed by atoms with Crippen LogP contribution in [0.4, 0.5) is 0 Å². The number of rotatable bonds is 8. The summed E-state index contributed by atoms with van der Waals surface area (Å²) < 4.78 is 11.1. The minimum absolute atomic E-state index is 0.0713. The van der Waals surface area contributed by atoms with Crippen molar-refractivity contribution < 1.29 is 14.3 Å². The molecule has 0 radical (unpaired) electrons. The molecule has 1 N–H and O–H groups in total. The van der Waals surface area contributed by atoms with Crippen LogP contribution in [0, 0.1) is 6.92 Å². The highest BCUT2D eigenvalue weighted by molar-refractivity contribution is 6.31. The van der Waals surface area contributed by atoms with E-state index >= 15 is 0 Å². The smallest absolute Gasteiger partial charge is 0.261 e. The molecule has 0 saturated carbocycles. The van der Waals surface area contributed by atoms with E-state index in [9.17, 15) is 4.79 Å². The zero-order chi connectivity index (χ0) is 19.1. The van der Waals surface area contributed by atoms with E-state index < -0.39 is 6.10 Å². The molecule has 0 fully saturated rings. The van der Waals surface area contributed by atoms with Crippen LogP contribution in [-0.2, 0) is 4.79 Å². The molecule has 0 unspecified atom stereocenters. The second-order valence-corrected chi connectivity index (χ2v) is 6.58. The van der Waals surface area contributed by atoms with E-state index in [2.05, 4.69) is 5.32 Å². The van der Waals surface area contributed by atoms with E-state index in [4.69, 9.17) is 21.1 Å². The quantitative estimate of drug-likeness (QED) is 0.699. The van der Waals surface area contributed by atoms with Crippen molar-refractivity contribution in [3.8, 4) is 11.5 Å². The number of carbonyl (C=O) groups is 1. The van der Waals surface area contributed by atoms with Crippen molar-refractivity contribution in [1.29, 1.82) is 0 Å². The molecule has 0 aliphatic carbocycles. The van der Waals surface area contributed by atoms with Gasteiger partial charge in [0.25, 0.3) is 5.91 Å². The van der Waals surface area contributed by atoms with Gasteiger partial charge in [0.2, 0.25) is 0 Å². The van der Waals surface area contributed by atoms with Crippen molar-refractivity contribution >= 4 is 17.5 Å². The maximum absolute atomic E-state index is 12.7. The molecule has 0 heterocycles. The molecule has 0 spiro atoms. The number of benzene rings is 2. The number of methoxy groups -OCH3 is 1. The van der Waals surface area contributed by atoms with Gasteiger partial charge >= 0.3 is 0 Å². The van der Waals surface area contributed by atoms with Gasteiger partial charge in [-0.2, -0.15) is 0 Å². The molecular formula is C21H26ClNO3. The average molecular weight is 376 g/mol. The number of ether oxygens (including phenoxy) is 2. The van der Waals surface area contributed by atoms with Crippen molar-refractivity contribution in [2.24, 2.45) is 0 Å². The van der Waals surface area contributed by atoms with Gasteiger partial charge in [0.15, 0.2) is 6.10 Å². The van der Waals surface area contributed by atoms with Gasteiger partial charge in [0.05, 0.1) is 13.2 Å². The molecule has 5 heteroatoms. The number of amides is 1. The fraction of sp³-hybridized carbons (Fsp3) is 0.381. The third-order valence-corrected chi connectivity index (χ3v) is 4.74. The Balaban J connectivity index is 2.06. The van der Waals surface area contributed by atoms with E-state index in [-0.39, 0.29) is 11.9 Å². The standard InChI is InChI=1S/C21H26ClNO3/c1-5-19(15-7-9-16(25-4)10-8-15)23-21(24)20(6-2)26-17-11-12-18(22)14(3)13-17/h7-13,19-20H,5-6H2,1-4H3,(H,23,24)/t19-,20-/m1/s1. The third kappa shape index (κ3) is 5.15. The Bertz CT molecular complexity index is 731. The molecule has 26 heavy (non-hydrogen) atoms. The molecular weight excluding hydrogens is 350 g/mol. The van der Waals surface area contributed by atoms with E-state index in [0.717, 1.165) is 23.3 Å². The SMILES string of the molecule is CC[C@@H](Oc1ccc(Cl)c(C)c1)C(=O)N[C@H](CC)c1ccc(OC)cc1. The third-order valence-electron chi connectivity index (χ3n) is 4.31. The van der Waals surface area contributed by atoms with Gasteiger partial charge in [-0.25, -0.2) is 0 Å². The van der Waals surface area contributed by atoms with Crippen LogP contribution >= 0.6 is 11.6 Å². The lowest BCUT2D eigenvalue weighted by Crippen LogP contribution is -2.39. The van der Waals surface area contributed by atoms with Gasteiger partial charge < -0.3 is 14.8 Å². The fourth-order valence-corrected chi connectivity index (χ4v) is 2.82. The molecule has 0 bridgehead atoms. The first-order valence-corrected chi connectivity index (χ1v) is 9.23. The van der Waals surface area contributed by atoms with Gasteiger partial charge in [-0.1, -0.05) is 37.6 Å². The van der Waals surface area contributed by atoms with E-state index in [1.807, 2.05) is 51.1 Å².